The molecule has 0 aliphatic rings. The van der Waals surface area contributed by atoms with Gasteiger partial charge in [0.15, 0.2) is 0 Å². The molecule has 0 aliphatic heterocycles. The molecule has 1 aromatic rings. The first-order valence-corrected chi connectivity index (χ1v) is 6.15. The van der Waals surface area contributed by atoms with Crippen LogP contribution in [0.4, 0.5) is 0 Å². The number of hydrogen-bond donors (Lipinski definition) is 0. The largest absolute Gasteiger partial charge is 0.497 e. The third kappa shape index (κ3) is 5.05. The van der Waals surface area contributed by atoms with Crippen molar-refractivity contribution >= 4 is 0 Å². The topological polar surface area (TPSA) is 12.5 Å². The smallest absolute Gasteiger partial charge is 0.119 e. The molecule has 2 heteroatoms. The van der Waals surface area contributed by atoms with Crippen LogP contribution in [0.3, 0.4) is 0 Å². The second-order valence-electron chi connectivity index (χ2n) is 4.52. The number of rotatable bonds is 7. The first-order chi connectivity index (χ1) is 8.15. The zero-order valence-corrected chi connectivity index (χ0v) is 11.2. The minimum absolute atomic E-state index is 0.925. The van der Waals surface area contributed by atoms with Gasteiger partial charge in [-0.25, -0.2) is 0 Å². The number of benzene rings is 1. The molecule has 1 rings (SSSR count). The Morgan fingerprint density at radius 1 is 1.41 bits per heavy atom. The minimum Gasteiger partial charge on any atom is -0.497 e. The van der Waals surface area contributed by atoms with Gasteiger partial charge in [0.25, 0.3) is 0 Å². The van der Waals surface area contributed by atoms with Crippen molar-refractivity contribution < 1.29 is 4.74 Å². The lowest BCUT2D eigenvalue weighted by Gasteiger charge is -2.22. The normalized spacial score (nSPS) is 10.6. The molecule has 0 spiro atoms. The molecule has 0 amide bonds. The molecule has 0 N–H and O–H groups in total. The molecule has 0 saturated heterocycles. The molecule has 0 heterocycles. The summed E-state index contributed by atoms with van der Waals surface area (Å²) in [5, 5.41) is 0. The molecule has 0 unspecified atom stereocenters. The van der Waals surface area contributed by atoms with Crippen molar-refractivity contribution in [1.82, 2.24) is 4.90 Å². The summed E-state index contributed by atoms with van der Waals surface area (Å²) < 4.78 is 5.24. The van der Waals surface area contributed by atoms with Crippen LogP contribution in [0.2, 0.25) is 0 Å². The van der Waals surface area contributed by atoms with Crippen LogP contribution >= 0.6 is 0 Å². The van der Waals surface area contributed by atoms with Crippen LogP contribution < -0.4 is 4.74 Å². The van der Waals surface area contributed by atoms with E-state index in [9.17, 15) is 0 Å². The summed E-state index contributed by atoms with van der Waals surface area (Å²) in [6.45, 7) is 11.3. The summed E-state index contributed by atoms with van der Waals surface area (Å²) in [4.78, 5) is 2.41. The zero-order valence-electron chi connectivity index (χ0n) is 11.2. The zero-order chi connectivity index (χ0) is 12.7. The Bertz CT molecular complexity index is 360. The number of ether oxygens (including phenoxy) is 1. The van der Waals surface area contributed by atoms with E-state index < -0.39 is 0 Å². The third-order valence-electron chi connectivity index (χ3n) is 2.57. The lowest BCUT2D eigenvalue weighted by Crippen LogP contribution is -2.25. The van der Waals surface area contributed by atoms with Gasteiger partial charge in [-0.1, -0.05) is 31.2 Å². The van der Waals surface area contributed by atoms with Crippen LogP contribution in [-0.4, -0.2) is 25.1 Å². The van der Waals surface area contributed by atoms with E-state index in [2.05, 4.69) is 37.5 Å². The van der Waals surface area contributed by atoms with Gasteiger partial charge >= 0.3 is 0 Å². The van der Waals surface area contributed by atoms with Crippen LogP contribution in [0, 0.1) is 0 Å². The van der Waals surface area contributed by atoms with Crippen LogP contribution in [0.25, 0.3) is 0 Å². The van der Waals surface area contributed by atoms with Crippen molar-refractivity contribution in [3.8, 4) is 5.75 Å². The Morgan fingerprint density at radius 2 is 2.18 bits per heavy atom. The second-order valence-corrected chi connectivity index (χ2v) is 4.52. The second kappa shape index (κ2) is 7.13. The van der Waals surface area contributed by atoms with Gasteiger partial charge in [-0.3, -0.25) is 4.90 Å². The van der Waals surface area contributed by atoms with E-state index in [-0.39, 0.29) is 0 Å². The highest BCUT2D eigenvalue weighted by atomic mass is 16.5. The molecule has 2 nitrogen and oxygen atoms in total. The first kappa shape index (κ1) is 13.8. The third-order valence-corrected chi connectivity index (χ3v) is 2.57. The van der Waals surface area contributed by atoms with E-state index in [0.717, 1.165) is 31.8 Å². The van der Waals surface area contributed by atoms with Gasteiger partial charge in [0.2, 0.25) is 0 Å². The van der Waals surface area contributed by atoms with Crippen LogP contribution in [0.1, 0.15) is 25.8 Å². The predicted octanol–water partition coefficient (Wildman–Crippen LogP) is 3.48. The maximum absolute atomic E-state index is 5.24. The van der Waals surface area contributed by atoms with Gasteiger partial charge in [-0.2, -0.15) is 0 Å². The Morgan fingerprint density at radius 3 is 2.76 bits per heavy atom. The summed E-state index contributed by atoms with van der Waals surface area (Å²) in [6, 6.07) is 8.26. The minimum atomic E-state index is 0.925. The lowest BCUT2D eigenvalue weighted by molar-refractivity contribution is 0.288. The number of nitrogens with zero attached hydrogens (tertiary/aromatic N) is 1. The average Bonchev–Trinajstić information content (AvgIpc) is 2.29. The summed E-state index contributed by atoms with van der Waals surface area (Å²) in [5.74, 6) is 0.925. The monoisotopic (exact) mass is 233 g/mol. The lowest BCUT2D eigenvalue weighted by atomic mass is 10.2. The summed E-state index contributed by atoms with van der Waals surface area (Å²) in [5.41, 5.74) is 2.50. The maximum Gasteiger partial charge on any atom is 0.119 e. The highest BCUT2D eigenvalue weighted by molar-refractivity contribution is 5.28. The molecule has 1 aromatic carbocycles. The summed E-state index contributed by atoms with van der Waals surface area (Å²) in [7, 11) is 1.71. The molecule has 0 fully saturated rings. The van der Waals surface area contributed by atoms with E-state index in [1.807, 2.05) is 12.1 Å². The van der Waals surface area contributed by atoms with Crippen molar-refractivity contribution in [2.24, 2.45) is 0 Å². The van der Waals surface area contributed by atoms with Crippen LogP contribution in [0.15, 0.2) is 36.4 Å². The Balaban J connectivity index is 2.67. The molecular weight excluding hydrogens is 210 g/mol. The standard InChI is InChI=1S/C15H23NO/c1-5-9-16(11-13(2)3)12-14-7-6-8-15(10-14)17-4/h6-8,10H,2,5,9,11-12H2,1,3-4H3. The Hall–Kier alpha value is -1.28. The SMILES string of the molecule is C=C(C)CN(CCC)Cc1cccc(OC)c1. The molecule has 17 heavy (non-hydrogen) atoms. The van der Waals surface area contributed by atoms with Crippen molar-refractivity contribution in [2.75, 3.05) is 20.2 Å². The van der Waals surface area contributed by atoms with E-state index in [1.165, 1.54) is 11.1 Å². The first-order valence-electron chi connectivity index (χ1n) is 6.15. The van der Waals surface area contributed by atoms with E-state index in [4.69, 9.17) is 4.74 Å². The van der Waals surface area contributed by atoms with Crippen LogP contribution in [0.5, 0.6) is 5.75 Å². The van der Waals surface area contributed by atoms with Gasteiger partial charge in [0, 0.05) is 13.1 Å². The Kier molecular flexibility index (Phi) is 5.78. The maximum atomic E-state index is 5.24. The van der Waals surface area contributed by atoms with Crippen molar-refractivity contribution in [3.63, 3.8) is 0 Å². The molecule has 0 aliphatic carbocycles. The van der Waals surface area contributed by atoms with Crippen molar-refractivity contribution in [2.45, 2.75) is 26.8 Å². The molecule has 0 radical (unpaired) electrons. The molecule has 0 saturated carbocycles. The fourth-order valence-electron chi connectivity index (χ4n) is 1.94. The fourth-order valence-corrected chi connectivity index (χ4v) is 1.94. The van der Waals surface area contributed by atoms with Crippen molar-refractivity contribution in [3.05, 3.63) is 42.0 Å². The van der Waals surface area contributed by atoms with Gasteiger partial charge < -0.3 is 4.74 Å². The quantitative estimate of drug-likeness (QED) is 0.668. The highest BCUT2D eigenvalue weighted by Gasteiger charge is 2.05. The van der Waals surface area contributed by atoms with Gasteiger partial charge in [-0.15, -0.1) is 0 Å². The number of hydrogen-bond acceptors (Lipinski definition) is 2. The predicted molar refractivity (Wildman–Crippen MR) is 73.4 cm³/mol. The Labute approximate surface area is 105 Å². The van der Waals surface area contributed by atoms with Gasteiger partial charge in [-0.05, 0) is 37.6 Å². The molecule has 0 atom stereocenters. The van der Waals surface area contributed by atoms with Gasteiger partial charge in [0.05, 0.1) is 7.11 Å². The number of methoxy groups -OCH3 is 1. The molecule has 94 valence electrons. The van der Waals surface area contributed by atoms with Crippen LogP contribution in [-0.2, 0) is 6.54 Å². The summed E-state index contributed by atoms with van der Waals surface area (Å²) >= 11 is 0. The fraction of sp³-hybridized carbons (Fsp3) is 0.467. The van der Waals surface area contributed by atoms with Gasteiger partial charge in [0.1, 0.15) is 5.75 Å². The summed E-state index contributed by atoms with van der Waals surface area (Å²) in [6.07, 6.45) is 1.16. The van der Waals surface area contributed by atoms with E-state index in [0.29, 0.717) is 0 Å². The highest BCUT2D eigenvalue weighted by Crippen LogP contribution is 2.15. The van der Waals surface area contributed by atoms with E-state index >= 15 is 0 Å². The molecular formula is C15H23NO. The van der Waals surface area contributed by atoms with Crippen molar-refractivity contribution in [1.29, 1.82) is 0 Å². The average molecular weight is 233 g/mol. The van der Waals surface area contributed by atoms with E-state index in [1.54, 1.807) is 7.11 Å². The molecule has 0 bridgehead atoms. The molecule has 0 aromatic heterocycles.